The zero-order valence-corrected chi connectivity index (χ0v) is 11.2. The molecule has 3 nitrogen and oxygen atoms in total. The summed E-state index contributed by atoms with van der Waals surface area (Å²) in [6.07, 6.45) is 0.964. The molecule has 1 aromatic carbocycles. The van der Waals surface area contributed by atoms with Crippen molar-refractivity contribution in [2.45, 2.75) is 12.5 Å². The summed E-state index contributed by atoms with van der Waals surface area (Å²) in [5.41, 5.74) is 5.17. The largest absolute Gasteiger partial charge is 0.493 e. The predicted octanol–water partition coefficient (Wildman–Crippen LogP) is 2.89. The first kappa shape index (κ1) is 12.0. The molecule has 1 unspecified atom stereocenters. The summed E-state index contributed by atoms with van der Waals surface area (Å²) in [6.45, 7) is 0.745. The zero-order valence-electron chi connectivity index (χ0n) is 9.65. The Morgan fingerprint density at radius 2 is 2.22 bits per heavy atom. The van der Waals surface area contributed by atoms with Crippen molar-refractivity contribution in [3.63, 3.8) is 0 Å². The summed E-state index contributed by atoms with van der Waals surface area (Å²) < 4.78 is 6.48. The molecule has 0 spiro atoms. The van der Waals surface area contributed by atoms with Crippen LogP contribution in [0.5, 0.6) is 5.75 Å². The first-order chi connectivity index (χ1) is 8.79. The molecule has 18 heavy (non-hydrogen) atoms. The Labute approximate surface area is 114 Å². The van der Waals surface area contributed by atoms with Crippen molar-refractivity contribution < 1.29 is 4.74 Å². The Morgan fingerprint density at radius 1 is 1.33 bits per heavy atom. The van der Waals surface area contributed by atoms with Crippen LogP contribution in [0.2, 0.25) is 4.34 Å². The minimum Gasteiger partial charge on any atom is -0.493 e. The topological polar surface area (TPSA) is 47.3 Å². The van der Waals surface area contributed by atoms with E-state index in [1.54, 1.807) is 0 Å². The van der Waals surface area contributed by atoms with Crippen molar-refractivity contribution in [1.29, 1.82) is 0 Å². The van der Waals surface area contributed by atoms with E-state index in [-0.39, 0.29) is 6.04 Å². The van der Waals surface area contributed by atoms with E-state index in [1.165, 1.54) is 16.9 Å². The third-order valence-electron chi connectivity index (χ3n) is 3.10. The van der Waals surface area contributed by atoms with Gasteiger partial charge in [-0.2, -0.15) is 0 Å². The minimum absolute atomic E-state index is 0.0736. The van der Waals surface area contributed by atoms with Crippen molar-refractivity contribution in [3.8, 4) is 5.75 Å². The van der Waals surface area contributed by atoms with Gasteiger partial charge in [0.1, 0.15) is 5.75 Å². The van der Waals surface area contributed by atoms with Gasteiger partial charge in [0, 0.05) is 16.9 Å². The Morgan fingerprint density at radius 3 is 2.94 bits per heavy atom. The fourth-order valence-electron chi connectivity index (χ4n) is 2.28. The molecule has 1 aromatic heterocycles. The highest BCUT2D eigenvalue weighted by Gasteiger charge is 2.23. The highest BCUT2D eigenvalue weighted by Crippen LogP contribution is 2.38. The molecule has 2 aromatic rings. The smallest absolute Gasteiger partial charge is 0.127 e. The predicted molar refractivity (Wildman–Crippen MR) is 74.1 cm³/mol. The molecule has 0 radical (unpaired) electrons. The van der Waals surface area contributed by atoms with E-state index in [1.807, 2.05) is 24.3 Å². The van der Waals surface area contributed by atoms with Crippen molar-refractivity contribution in [2.24, 2.45) is 5.84 Å². The Bertz CT molecular complexity index is 570. The maximum Gasteiger partial charge on any atom is 0.127 e. The Kier molecular flexibility index (Phi) is 3.26. The number of hydrazine groups is 1. The number of para-hydroxylation sites is 1. The number of thiophene rings is 1. The van der Waals surface area contributed by atoms with Gasteiger partial charge in [0.25, 0.3) is 0 Å². The van der Waals surface area contributed by atoms with Crippen LogP contribution in [-0.2, 0) is 6.42 Å². The first-order valence-electron chi connectivity index (χ1n) is 5.75. The molecule has 1 aliphatic heterocycles. The van der Waals surface area contributed by atoms with Gasteiger partial charge in [-0.1, -0.05) is 29.8 Å². The quantitative estimate of drug-likeness (QED) is 0.671. The molecule has 0 amide bonds. The van der Waals surface area contributed by atoms with E-state index in [0.29, 0.717) is 0 Å². The highest BCUT2D eigenvalue weighted by atomic mass is 35.5. The molecule has 94 valence electrons. The molecule has 5 heteroatoms. The van der Waals surface area contributed by atoms with Crippen LogP contribution in [0.3, 0.4) is 0 Å². The number of nitrogens with one attached hydrogen (secondary N) is 1. The first-order valence-corrected chi connectivity index (χ1v) is 6.95. The van der Waals surface area contributed by atoms with Gasteiger partial charge in [-0.05, 0) is 17.7 Å². The van der Waals surface area contributed by atoms with Crippen LogP contribution in [0.4, 0.5) is 0 Å². The molecule has 0 aliphatic carbocycles. The molecule has 2 heterocycles. The number of nitrogens with two attached hydrogens (primary N) is 1. The van der Waals surface area contributed by atoms with Gasteiger partial charge in [0.2, 0.25) is 0 Å². The average molecular weight is 281 g/mol. The van der Waals surface area contributed by atoms with Crippen LogP contribution in [-0.4, -0.2) is 6.61 Å². The molecule has 3 rings (SSSR count). The number of ether oxygens (including phenoxy) is 1. The standard InChI is InChI=1S/C13H13ClN2OS/c14-11-5-4-10(18-11)12(16-15)9-3-1-2-8-6-7-17-13(8)9/h1-5,12,16H,6-7,15H2. The third kappa shape index (κ3) is 2.01. The summed E-state index contributed by atoms with van der Waals surface area (Å²) in [7, 11) is 0. The normalized spacial score (nSPS) is 15.2. The van der Waals surface area contributed by atoms with Crippen LogP contribution in [0, 0.1) is 0 Å². The number of benzene rings is 1. The van der Waals surface area contributed by atoms with E-state index in [2.05, 4.69) is 11.5 Å². The highest BCUT2D eigenvalue weighted by molar-refractivity contribution is 7.16. The monoisotopic (exact) mass is 280 g/mol. The maximum atomic E-state index is 5.98. The SMILES string of the molecule is NNC(c1ccc(Cl)s1)c1cccc2c1OCC2. The average Bonchev–Trinajstić information content (AvgIpc) is 2.99. The van der Waals surface area contributed by atoms with Gasteiger partial charge < -0.3 is 4.74 Å². The summed E-state index contributed by atoms with van der Waals surface area (Å²) >= 11 is 7.51. The molecular formula is C13H13ClN2OS. The minimum atomic E-state index is -0.0736. The summed E-state index contributed by atoms with van der Waals surface area (Å²) in [5.74, 6) is 6.66. The lowest BCUT2D eigenvalue weighted by Crippen LogP contribution is -2.28. The van der Waals surface area contributed by atoms with Gasteiger partial charge >= 0.3 is 0 Å². The number of halogens is 1. The Hall–Kier alpha value is -1.07. The van der Waals surface area contributed by atoms with Gasteiger partial charge in [0.05, 0.1) is 17.0 Å². The number of hydrogen-bond acceptors (Lipinski definition) is 4. The van der Waals surface area contributed by atoms with Crippen LogP contribution in [0.25, 0.3) is 0 Å². The molecule has 0 fully saturated rings. The van der Waals surface area contributed by atoms with E-state index >= 15 is 0 Å². The van der Waals surface area contributed by atoms with Crippen molar-refractivity contribution >= 4 is 22.9 Å². The van der Waals surface area contributed by atoms with E-state index in [4.69, 9.17) is 22.2 Å². The molecule has 0 bridgehead atoms. The van der Waals surface area contributed by atoms with Crippen molar-refractivity contribution in [3.05, 3.63) is 50.7 Å². The third-order valence-corrected chi connectivity index (χ3v) is 4.40. The molecule has 0 saturated carbocycles. The summed E-state index contributed by atoms with van der Waals surface area (Å²) in [5, 5.41) is 0. The van der Waals surface area contributed by atoms with Gasteiger partial charge in [0.15, 0.2) is 0 Å². The molecule has 3 N–H and O–H groups in total. The molecule has 0 saturated heterocycles. The van der Waals surface area contributed by atoms with E-state index < -0.39 is 0 Å². The molecular weight excluding hydrogens is 268 g/mol. The van der Waals surface area contributed by atoms with Gasteiger partial charge in [-0.3, -0.25) is 5.84 Å². The second kappa shape index (κ2) is 4.90. The molecule has 1 aliphatic rings. The van der Waals surface area contributed by atoms with Crippen molar-refractivity contribution in [1.82, 2.24) is 5.43 Å². The van der Waals surface area contributed by atoms with Crippen LogP contribution >= 0.6 is 22.9 Å². The second-order valence-electron chi connectivity index (χ2n) is 4.18. The fraction of sp³-hybridized carbons (Fsp3) is 0.231. The second-order valence-corrected chi connectivity index (χ2v) is 5.92. The van der Waals surface area contributed by atoms with Crippen molar-refractivity contribution in [2.75, 3.05) is 6.61 Å². The van der Waals surface area contributed by atoms with E-state index in [9.17, 15) is 0 Å². The van der Waals surface area contributed by atoms with Crippen LogP contribution in [0.15, 0.2) is 30.3 Å². The zero-order chi connectivity index (χ0) is 12.5. The fourth-order valence-corrected chi connectivity index (χ4v) is 3.42. The lowest BCUT2D eigenvalue weighted by Gasteiger charge is -2.17. The van der Waals surface area contributed by atoms with Crippen LogP contribution < -0.4 is 16.0 Å². The van der Waals surface area contributed by atoms with Gasteiger partial charge in [-0.15, -0.1) is 11.3 Å². The number of rotatable bonds is 3. The molecule has 1 atom stereocenters. The lowest BCUT2D eigenvalue weighted by molar-refractivity contribution is 0.350. The Balaban J connectivity index is 2.05. The number of fused-ring (bicyclic) bond motifs is 1. The van der Waals surface area contributed by atoms with Crippen LogP contribution in [0.1, 0.15) is 22.0 Å². The van der Waals surface area contributed by atoms with Gasteiger partial charge in [-0.25, -0.2) is 5.43 Å². The maximum absolute atomic E-state index is 5.98. The summed E-state index contributed by atoms with van der Waals surface area (Å²) in [6, 6.07) is 9.99. The van der Waals surface area contributed by atoms with E-state index in [0.717, 1.165) is 33.6 Å². The summed E-state index contributed by atoms with van der Waals surface area (Å²) in [4.78, 5) is 1.09. The number of hydrogen-bond donors (Lipinski definition) is 2. The lowest BCUT2D eigenvalue weighted by atomic mass is 10.0.